The van der Waals surface area contributed by atoms with Crippen molar-refractivity contribution in [3.63, 3.8) is 0 Å². The Labute approximate surface area is 135 Å². The Morgan fingerprint density at radius 1 is 1.10 bits per heavy atom. The molecule has 2 aromatic carbocycles. The van der Waals surface area contributed by atoms with Crippen LogP contribution in [0, 0.1) is 0 Å². The molecule has 0 saturated heterocycles. The maximum Gasteiger partial charge on any atom is 0.122 e. The van der Waals surface area contributed by atoms with Crippen LogP contribution in [0.5, 0.6) is 5.75 Å². The summed E-state index contributed by atoms with van der Waals surface area (Å²) < 4.78 is 5.60. The first kappa shape index (κ1) is 14.6. The highest BCUT2D eigenvalue weighted by Crippen LogP contribution is 2.37. The van der Waals surface area contributed by atoms with E-state index >= 15 is 0 Å². The monoisotopic (exact) mass is 344 g/mol. The molecule has 0 saturated carbocycles. The Hall–Kier alpha value is -1.28. The normalized spacial score (nSPS) is 14.6. The third-order valence-electron chi connectivity index (χ3n) is 4.28. The quantitative estimate of drug-likeness (QED) is 0.690. The molecule has 0 aromatic heterocycles. The lowest BCUT2D eigenvalue weighted by atomic mass is 9.94. The number of benzene rings is 2. The minimum absolute atomic E-state index is 0.254. The molecule has 0 fully saturated rings. The van der Waals surface area contributed by atoms with E-state index in [2.05, 4.69) is 66.2 Å². The van der Waals surface area contributed by atoms with E-state index in [1.807, 2.05) is 0 Å². The van der Waals surface area contributed by atoms with E-state index in [0.29, 0.717) is 0 Å². The van der Waals surface area contributed by atoms with Crippen LogP contribution in [0.1, 0.15) is 46.5 Å². The molecule has 1 aliphatic heterocycles. The average Bonchev–Trinajstić information content (AvgIpc) is 3.01. The maximum atomic E-state index is 5.60. The molecule has 2 heteroatoms. The second-order valence-corrected chi connectivity index (χ2v) is 6.48. The number of rotatable bonds is 4. The molecule has 1 aliphatic rings. The first-order valence-electron chi connectivity index (χ1n) is 7.74. The van der Waals surface area contributed by atoms with Crippen molar-refractivity contribution in [1.29, 1.82) is 0 Å². The van der Waals surface area contributed by atoms with E-state index < -0.39 is 0 Å². The zero-order valence-electron chi connectivity index (χ0n) is 12.7. The van der Waals surface area contributed by atoms with Crippen LogP contribution in [-0.2, 0) is 19.3 Å². The first-order chi connectivity index (χ1) is 10.2. The largest absolute Gasteiger partial charge is 0.493 e. The molecule has 0 N–H and O–H groups in total. The molecule has 1 heterocycles. The van der Waals surface area contributed by atoms with E-state index in [0.717, 1.165) is 31.6 Å². The summed E-state index contributed by atoms with van der Waals surface area (Å²) in [5, 5.41) is 0. The van der Waals surface area contributed by atoms with Gasteiger partial charge in [-0.2, -0.15) is 0 Å². The van der Waals surface area contributed by atoms with Gasteiger partial charge in [-0.15, -0.1) is 0 Å². The van der Waals surface area contributed by atoms with Crippen molar-refractivity contribution in [3.05, 3.63) is 64.2 Å². The van der Waals surface area contributed by atoms with E-state index in [-0.39, 0.29) is 4.83 Å². The van der Waals surface area contributed by atoms with Gasteiger partial charge in [0.2, 0.25) is 0 Å². The summed E-state index contributed by atoms with van der Waals surface area (Å²) in [5.41, 5.74) is 6.88. The second kappa shape index (κ2) is 6.23. The van der Waals surface area contributed by atoms with Gasteiger partial charge < -0.3 is 4.74 Å². The van der Waals surface area contributed by atoms with Crippen molar-refractivity contribution >= 4 is 15.9 Å². The Morgan fingerprint density at radius 2 is 1.95 bits per heavy atom. The smallest absolute Gasteiger partial charge is 0.122 e. The van der Waals surface area contributed by atoms with Gasteiger partial charge in [-0.1, -0.05) is 60.1 Å². The van der Waals surface area contributed by atoms with E-state index in [4.69, 9.17) is 4.74 Å². The van der Waals surface area contributed by atoms with Crippen LogP contribution in [-0.4, -0.2) is 6.61 Å². The van der Waals surface area contributed by atoms with Crippen LogP contribution < -0.4 is 4.74 Å². The highest BCUT2D eigenvalue weighted by Gasteiger charge is 2.18. The molecule has 2 aromatic rings. The molecular weight excluding hydrogens is 324 g/mol. The fraction of sp³-hybridized carbons (Fsp3) is 0.368. The number of hydrogen-bond acceptors (Lipinski definition) is 1. The minimum Gasteiger partial charge on any atom is -0.493 e. The van der Waals surface area contributed by atoms with Gasteiger partial charge >= 0.3 is 0 Å². The summed E-state index contributed by atoms with van der Waals surface area (Å²) in [6, 6.07) is 13.5. The SMILES string of the molecule is CCc1ccc(CC)c(C(Br)c2ccc3c(c2)CCO3)c1. The number of fused-ring (bicyclic) bond motifs is 1. The first-order valence-corrected chi connectivity index (χ1v) is 8.65. The number of halogens is 1. The van der Waals surface area contributed by atoms with Gasteiger partial charge in [0.05, 0.1) is 11.4 Å². The minimum atomic E-state index is 0.254. The summed E-state index contributed by atoms with van der Waals surface area (Å²) in [6.45, 7) is 5.25. The van der Waals surface area contributed by atoms with Gasteiger partial charge in [0, 0.05) is 6.42 Å². The Bertz CT molecular complexity index is 648. The van der Waals surface area contributed by atoms with Crippen molar-refractivity contribution in [2.75, 3.05) is 6.61 Å². The zero-order chi connectivity index (χ0) is 14.8. The predicted molar refractivity (Wildman–Crippen MR) is 91.6 cm³/mol. The Kier molecular flexibility index (Phi) is 4.34. The maximum absolute atomic E-state index is 5.60. The molecule has 0 bridgehead atoms. The zero-order valence-corrected chi connectivity index (χ0v) is 14.2. The van der Waals surface area contributed by atoms with Gasteiger partial charge in [0.15, 0.2) is 0 Å². The van der Waals surface area contributed by atoms with Gasteiger partial charge in [-0.05, 0) is 46.7 Å². The Morgan fingerprint density at radius 3 is 2.71 bits per heavy atom. The van der Waals surface area contributed by atoms with Gasteiger partial charge in [-0.25, -0.2) is 0 Å². The molecule has 110 valence electrons. The van der Waals surface area contributed by atoms with Crippen LogP contribution in [0.4, 0.5) is 0 Å². The van der Waals surface area contributed by atoms with E-state index in [1.54, 1.807) is 0 Å². The molecule has 3 rings (SSSR count). The van der Waals surface area contributed by atoms with Crippen molar-refractivity contribution in [2.45, 2.75) is 37.9 Å². The lowest BCUT2D eigenvalue weighted by Gasteiger charge is -2.17. The van der Waals surface area contributed by atoms with Crippen molar-refractivity contribution < 1.29 is 4.74 Å². The fourth-order valence-corrected chi connectivity index (χ4v) is 3.68. The lowest BCUT2D eigenvalue weighted by Crippen LogP contribution is -2.00. The van der Waals surface area contributed by atoms with Gasteiger partial charge in [-0.3, -0.25) is 0 Å². The summed E-state index contributed by atoms with van der Waals surface area (Å²) in [5.74, 6) is 1.05. The van der Waals surface area contributed by atoms with E-state index in [1.165, 1.54) is 27.8 Å². The molecule has 0 amide bonds. The Balaban J connectivity index is 1.99. The van der Waals surface area contributed by atoms with Crippen LogP contribution in [0.2, 0.25) is 0 Å². The predicted octanol–water partition coefficient (Wildman–Crippen LogP) is 5.23. The highest BCUT2D eigenvalue weighted by molar-refractivity contribution is 9.09. The van der Waals surface area contributed by atoms with Crippen LogP contribution in [0.3, 0.4) is 0 Å². The molecule has 0 aliphatic carbocycles. The molecule has 1 unspecified atom stereocenters. The third-order valence-corrected chi connectivity index (χ3v) is 5.30. The van der Waals surface area contributed by atoms with Crippen LogP contribution in [0.15, 0.2) is 36.4 Å². The fourth-order valence-electron chi connectivity index (χ4n) is 2.97. The summed E-state index contributed by atoms with van der Waals surface area (Å²) in [7, 11) is 0. The van der Waals surface area contributed by atoms with Crippen molar-refractivity contribution in [3.8, 4) is 5.75 Å². The molecule has 0 radical (unpaired) electrons. The molecule has 1 nitrogen and oxygen atoms in total. The highest BCUT2D eigenvalue weighted by atomic mass is 79.9. The van der Waals surface area contributed by atoms with Crippen molar-refractivity contribution in [1.82, 2.24) is 0 Å². The summed E-state index contributed by atoms with van der Waals surface area (Å²) in [4.78, 5) is 0.254. The number of alkyl halides is 1. The van der Waals surface area contributed by atoms with E-state index in [9.17, 15) is 0 Å². The topological polar surface area (TPSA) is 9.23 Å². The van der Waals surface area contributed by atoms with Gasteiger partial charge in [0.25, 0.3) is 0 Å². The molecular formula is C19H21BrO. The van der Waals surface area contributed by atoms with Gasteiger partial charge in [0.1, 0.15) is 5.75 Å². The average molecular weight is 345 g/mol. The number of hydrogen-bond donors (Lipinski definition) is 0. The molecule has 1 atom stereocenters. The van der Waals surface area contributed by atoms with Crippen LogP contribution in [0.25, 0.3) is 0 Å². The van der Waals surface area contributed by atoms with Crippen molar-refractivity contribution in [2.24, 2.45) is 0 Å². The standard InChI is InChI=1S/C19H21BrO/c1-3-13-5-6-14(4-2)17(11-13)19(20)16-7-8-18-15(12-16)9-10-21-18/h5-8,11-12,19H,3-4,9-10H2,1-2H3. The third kappa shape index (κ3) is 2.87. The lowest BCUT2D eigenvalue weighted by molar-refractivity contribution is 0.357. The second-order valence-electron chi connectivity index (χ2n) is 5.57. The molecule has 21 heavy (non-hydrogen) atoms. The molecule has 0 spiro atoms. The van der Waals surface area contributed by atoms with Crippen LogP contribution >= 0.6 is 15.9 Å². The number of aryl methyl sites for hydroxylation is 2. The summed E-state index contributed by atoms with van der Waals surface area (Å²) >= 11 is 3.92. The summed E-state index contributed by atoms with van der Waals surface area (Å²) in [6.07, 6.45) is 3.17. The number of ether oxygens (including phenoxy) is 1.